The van der Waals surface area contributed by atoms with E-state index in [1.165, 1.54) is 12.8 Å². The zero-order valence-corrected chi connectivity index (χ0v) is 11.6. The first-order chi connectivity index (χ1) is 7.65. The lowest BCUT2D eigenvalue weighted by atomic mass is 10.1. The van der Waals surface area contributed by atoms with E-state index < -0.39 is 0 Å². The fourth-order valence-electron chi connectivity index (χ4n) is 1.65. The van der Waals surface area contributed by atoms with Crippen molar-refractivity contribution in [2.75, 3.05) is 5.32 Å². The molecule has 0 radical (unpaired) electrons. The molecular weight excluding hydrogens is 218 g/mol. The lowest BCUT2D eigenvalue weighted by molar-refractivity contribution is 0.620. The van der Waals surface area contributed by atoms with Crippen LogP contribution in [0.5, 0.6) is 0 Å². The molecule has 1 rings (SSSR count). The summed E-state index contributed by atoms with van der Waals surface area (Å²) in [7, 11) is 0. The van der Waals surface area contributed by atoms with E-state index in [1.807, 2.05) is 0 Å². The molecule has 1 heterocycles. The number of nitrogens with one attached hydrogen (secondary N) is 1. The number of aromatic nitrogens is 2. The van der Waals surface area contributed by atoms with Gasteiger partial charge in [0.05, 0.1) is 0 Å². The molecule has 0 saturated carbocycles. The summed E-state index contributed by atoms with van der Waals surface area (Å²) in [6, 6.07) is 0.546. The number of hydrogen-bond donors (Lipinski definition) is 1. The molecule has 0 fully saturated rings. The highest BCUT2D eigenvalue weighted by Crippen LogP contribution is 2.20. The van der Waals surface area contributed by atoms with Crippen LogP contribution in [0.25, 0.3) is 0 Å². The molecule has 0 aliphatic rings. The number of hydrogen-bond acceptors (Lipinski definition) is 4. The molecular formula is C12H23N3S. The molecule has 1 aromatic rings. The summed E-state index contributed by atoms with van der Waals surface area (Å²) in [5.74, 6) is 0.651. The molecule has 0 spiro atoms. The van der Waals surface area contributed by atoms with Gasteiger partial charge in [-0.15, -0.1) is 10.2 Å². The summed E-state index contributed by atoms with van der Waals surface area (Å²) < 4.78 is 0. The minimum Gasteiger partial charge on any atom is -0.357 e. The average molecular weight is 241 g/mol. The van der Waals surface area contributed by atoms with Gasteiger partial charge in [-0.3, -0.25) is 0 Å². The second-order valence-electron chi connectivity index (χ2n) is 4.64. The normalized spacial score (nSPS) is 13.1. The van der Waals surface area contributed by atoms with E-state index in [9.17, 15) is 0 Å². The predicted molar refractivity (Wildman–Crippen MR) is 71.1 cm³/mol. The van der Waals surface area contributed by atoms with Gasteiger partial charge in [0.1, 0.15) is 5.01 Å². The quantitative estimate of drug-likeness (QED) is 0.790. The van der Waals surface area contributed by atoms with E-state index in [2.05, 4.69) is 43.2 Å². The largest absolute Gasteiger partial charge is 0.357 e. The van der Waals surface area contributed by atoms with Crippen LogP contribution >= 0.6 is 11.3 Å². The standard InChI is InChI=1S/C12H23N3S/c1-5-7-10(6-2)13-12-15-14-11(16-12)8-9(3)4/h9-10H,5-8H2,1-4H3,(H,13,15). The molecule has 1 N–H and O–H groups in total. The van der Waals surface area contributed by atoms with E-state index in [1.54, 1.807) is 11.3 Å². The van der Waals surface area contributed by atoms with Gasteiger partial charge >= 0.3 is 0 Å². The van der Waals surface area contributed by atoms with Crippen LogP contribution in [0.3, 0.4) is 0 Å². The van der Waals surface area contributed by atoms with Crippen molar-refractivity contribution in [1.82, 2.24) is 10.2 Å². The number of nitrogens with zero attached hydrogens (tertiary/aromatic N) is 2. The highest BCUT2D eigenvalue weighted by molar-refractivity contribution is 7.15. The van der Waals surface area contributed by atoms with Crippen molar-refractivity contribution in [2.24, 2.45) is 5.92 Å². The third kappa shape index (κ3) is 4.47. The summed E-state index contributed by atoms with van der Waals surface area (Å²) >= 11 is 1.70. The van der Waals surface area contributed by atoms with E-state index in [-0.39, 0.29) is 0 Å². The van der Waals surface area contributed by atoms with Crippen LogP contribution in [0.4, 0.5) is 5.13 Å². The first-order valence-electron chi connectivity index (χ1n) is 6.24. The Morgan fingerprint density at radius 1 is 1.25 bits per heavy atom. The first-order valence-corrected chi connectivity index (χ1v) is 7.06. The maximum Gasteiger partial charge on any atom is 0.205 e. The zero-order valence-electron chi connectivity index (χ0n) is 10.8. The maximum atomic E-state index is 4.21. The Balaban J connectivity index is 2.50. The van der Waals surface area contributed by atoms with Crippen LogP contribution in [-0.4, -0.2) is 16.2 Å². The Bertz CT molecular complexity index is 296. The minimum absolute atomic E-state index is 0.546. The lowest BCUT2D eigenvalue weighted by Crippen LogP contribution is -2.17. The molecule has 3 nitrogen and oxygen atoms in total. The van der Waals surface area contributed by atoms with Crippen molar-refractivity contribution in [1.29, 1.82) is 0 Å². The monoisotopic (exact) mass is 241 g/mol. The van der Waals surface area contributed by atoms with Gasteiger partial charge in [0.2, 0.25) is 5.13 Å². The van der Waals surface area contributed by atoms with E-state index in [0.29, 0.717) is 12.0 Å². The maximum absolute atomic E-state index is 4.21. The molecule has 0 bridgehead atoms. The van der Waals surface area contributed by atoms with Gasteiger partial charge in [0.25, 0.3) is 0 Å². The fourth-order valence-corrected chi connectivity index (χ4v) is 2.67. The molecule has 0 aliphatic heterocycles. The molecule has 92 valence electrons. The highest BCUT2D eigenvalue weighted by Gasteiger charge is 2.09. The summed E-state index contributed by atoms with van der Waals surface area (Å²) in [4.78, 5) is 0. The van der Waals surface area contributed by atoms with Gasteiger partial charge in [-0.2, -0.15) is 0 Å². The SMILES string of the molecule is CCCC(CC)Nc1nnc(CC(C)C)s1. The van der Waals surface area contributed by atoms with Gasteiger partial charge in [-0.05, 0) is 18.8 Å². The van der Waals surface area contributed by atoms with Crippen molar-refractivity contribution >= 4 is 16.5 Å². The van der Waals surface area contributed by atoms with Crippen molar-refractivity contribution in [3.05, 3.63) is 5.01 Å². The van der Waals surface area contributed by atoms with Gasteiger partial charge in [-0.1, -0.05) is 45.5 Å². The second kappa shape index (κ2) is 6.84. The van der Waals surface area contributed by atoms with E-state index >= 15 is 0 Å². The van der Waals surface area contributed by atoms with Crippen molar-refractivity contribution in [2.45, 2.75) is 59.4 Å². The molecule has 1 atom stereocenters. The Morgan fingerprint density at radius 2 is 2.00 bits per heavy atom. The van der Waals surface area contributed by atoms with Crippen molar-refractivity contribution in [3.63, 3.8) is 0 Å². The third-order valence-corrected chi connectivity index (χ3v) is 3.38. The molecule has 1 aromatic heterocycles. The van der Waals surface area contributed by atoms with Crippen molar-refractivity contribution < 1.29 is 0 Å². The average Bonchev–Trinajstić information content (AvgIpc) is 2.64. The molecule has 0 aliphatic carbocycles. The number of rotatable bonds is 7. The Hall–Kier alpha value is -0.640. The highest BCUT2D eigenvalue weighted by atomic mass is 32.1. The van der Waals surface area contributed by atoms with Gasteiger partial charge in [-0.25, -0.2) is 0 Å². The summed E-state index contributed by atoms with van der Waals surface area (Å²) in [5.41, 5.74) is 0. The topological polar surface area (TPSA) is 37.8 Å². The fraction of sp³-hybridized carbons (Fsp3) is 0.833. The molecule has 4 heteroatoms. The first kappa shape index (κ1) is 13.4. The van der Waals surface area contributed by atoms with Crippen LogP contribution in [0.15, 0.2) is 0 Å². The van der Waals surface area contributed by atoms with Gasteiger partial charge in [0.15, 0.2) is 0 Å². The summed E-state index contributed by atoms with van der Waals surface area (Å²) in [6.45, 7) is 8.85. The molecule has 1 unspecified atom stereocenters. The van der Waals surface area contributed by atoms with Gasteiger partial charge < -0.3 is 5.32 Å². The Morgan fingerprint density at radius 3 is 2.56 bits per heavy atom. The molecule has 0 saturated heterocycles. The van der Waals surface area contributed by atoms with Crippen LogP contribution in [0, 0.1) is 5.92 Å². The minimum atomic E-state index is 0.546. The van der Waals surface area contributed by atoms with Crippen LogP contribution < -0.4 is 5.32 Å². The predicted octanol–water partition coefficient (Wildman–Crippen LogP) is 3.73. The van der Waals surface area contributed by atoms with E-state index in [4.69, 9.17) is 0 Å². The second-order valence-corrected chi connectivity index (χ2v) is 5.70. The van der Waals surface area contributed by atoms with Crippen LogP contribution in [-0.2, 0) is 6.42 Å². The Labute approximate surface area is 103 Å². The molecule has 16 heavy (non-hydrogen) atoms. The number of anilines is 1. The molecule has 0 amide bonds. The van der Waals surface area contributed by atoms with Crippen molar-refractivity contribution in [3.8, 4) is 0 Å². The van der Waals surface area contributed by atoms with Gasteiger partial charge in [0, 0.05) is 12.5 Å². The van der Waals surface area contributed by atoms with E-state index in [0.717, 1.165) is 23.0 Å². The zero-order chi connectivity index (χ0) is 12.0. The molecule has 0 aromatic carbocycles. The summed E-state index contributed by atoms with van der Waals surface area (Å²) in [6.07, 6.45) is 4.59. The summed E-state index contributed by atoms with van der Waals surface area (Å²) in [5, 5.41) is 14.0. The lowest BCUT2D eigenvalue weighted by Gasteiger charge is -2.14. The van der Waals surface area contributed by atoms with Crippen LogP contribution in [0.1, 0.15) is 52.0 Å². The Kier molecular flexibility index (Phi) is 5.74. The van der Waals surface area contributed by atoms with Crippen LogP contribution in [0.2, 0.25) is 0 Å². The third-order valence-electron chi connectivity index (χ3n) is 2.51. The smallest absolute Gasteiger partial charge is 0.205 e.